The van der Waals surface area contributed by atoms with Crippen molar-refractivity contribution < 1.29 is 9.53 Å². The summed E-state index contributed by atoms with van der Waals surface area (Å²) < 4.78 is 5.46. The number of rotatable bonds is 5. The topological polar surface area (TPSA) is 41.6 Å². The summed E-state index contributed by atoms with van der Waals surface area (Å²) in [7, 11) is 0. The monoisotopic (exact) mass is 350 g/mol. The Bertz CT molecular complexity index is 758. The quantitative estimate of drug-likeness (QED) is 0.887. The van der Waals surface area contributed by atoms with Crippen LogP contribution >= 0.6 is 0 Å². The Hall–Kier alpha value is -2.33. The molecule has 0 aromatic heterocycles. The first-order valence-corrected chi connectivity index (χ1v) is 9.34. The van der Waals surface area contributed by atoms with E-state index in [-0.39, 0.29) is 17.0 Å². The maximum atomic E-state index is 12.4. The van der Waals surface area contributed by atoms with Gasteiger partial charge in [-0.05, 0) is 30.9 Å². The number of nitrogens with one attached hydrogen (secondary N) is 1. The van der Waals surface area contributed by atoms with Crippen molar-refractivity contribution in [2.24, 2.45) is 5.41 Å². The first-order valence-electron chi connectivity index (χ1n) is 9.34. The van der Waals surface area contributed by atoms with Crippen LogP contribution in [0.2, 0.25) is 0 Å². The molecule has 2 aromatic carbocycles. The van der Waals surface area contributed by atoms with Gasteiger partial charge in [0.05, 0.1) is 5.54 Å². The van der Waals surface area contributed by atoms with Crippen LogP contribution in [-0.2, 0) is 17.9 Å². The Balaban J connectivity index is 1.36. The summed E-state index contributed by atoms with van der Waals surface area (Å²) in [5, 5.41) is 3.19. The lowest BCUT2D eigenvalue weighted by molar-refractivity contribution is 0.121. The summed E-state index contributed by atoms with van der Waals surface area (Å²) >= 11 is 0. The van der Waals surface area contributed by atoms with E-state index in [4.69, 9.17) is 4.74 Å². The lowest BCUT2D eigenvalue weighted by Gasteiger charge is -2.31. The Morgan fingerprint density at radius 1 is 1.00 bits per heavy atom. The summed E-state index contributed by atoms with van der Waals surface area (Å²) in [4.78, 5) is 14.9. The first-order chi connectivity index (χ1) is 12.6. The molecule has 4 heteroatoms. The molecule has 1 saturated carbocycles. The number of hydrogen-bond donors (Lipinski definition) is 1. The average Bonchev–Trinajstić information content (AvgIpc) is 3.37. The number of likely N-dealkylation sites (tertiary alicyclic amines) is 1. The average molecular weight is 350 g/mol. The second-order valence-electron chi connectivity index (χ2n) is 7.93. The van der Waals surface area contributed by atoms with Crippen molar-refractivity contribution in [2.45, 2.75) is 38.5 Å². The van der Waals surface area contributed by atoms with E-state index in [0.717, 1.165) is 25.2 Å². The van der Waals surface area contributed by atoms with Gasteiger partial charge in [-0.1, -0.05) is 60.7 Å². The number of alkyl carbamates (subject to hydrolysis) is 1. The minimum absolute atomic E-state index is 0.202. The lowest BCUT2D eigenvalue weighted by atomic mass is 9.86. The van der Waals surface area contributed by atoms with Crippen LogP contribution in [0.4, 0.5) is 4.79 Å². The zero-order chi connectivity index (χ0) is 18.0. The minimum Gasteiger partial charge on any atom is -0.445 e. The molecule has 0 radical (unpaired) electrons. The van der Waals surface area contributed by atoms with Gasteiger partial charge >= 0.3 is 6.09 Å². The van der Waals surface area contributed by atoms with Crippen molar-refractivity contribution in [1.29, 1.82) is 0 Å². The molecule has 1 atom stereocenters. The third-order valence-corrected chi connectivity index (χ3v) is 5.93. The van der Waals surface area contributed by atoms with Gasteiger partial charge in [-0.3, -0.25) is 4.90 Å². The van der Waals surface area contributed by atoms with Crippen LogP contribution in [0.15, 0.2) is 60.7 Å². The van der Waals surface area contributed by atoms with Gasteiger partial charge in [0.25, 0.3) is 0 Å². The van der Waals surface area contributed by atoms with E-state index in [1.54, 1.807) is 0 Å². The number of ether oxygens (including phenoxy) is 1. The molecule has 1 saturated heterocycles. The van der Waals surface area contributed by atoms with Crippen LogP contribution in [-0.4, -0.2) is 29.6 Å². The normalized spacial score (nSPS) is 23.7. The summed E-state index contributed by atoms with van der Waals surface area (Å²) in [5.41, 5.74) is 2.30. The molecule has 4 nitrogen and oxygen atoms in total. The number of benzene rings is 2. The van der Waals surface area contributed by atoms with Crippen molar-refractivity contribution in [3.63, 3.8) is 0 Å². The zero-order valence-electron chi connectivity index (χ0n) is 15.3. The fraction of sp³-hybridized carbons (Fsp3) is 0.409. The largest absolute Gasteiger partial charge is 0.445 e. The van der Waals surface area contributed by atoms with Crippen molar-refractivity contribution in [3.8, 4) is 0 Å². The molecule has 1 aliphatic carbocycles. The van der Waals surface area contributed by atoms with Gasteiger partial charge in [-0.2, -0.15) is 0 Å². The molecule has 4 rings (SSSR count). The molecule has 1 heterocycles. The van der Waals surface area contributed by atoms with Crippen LogP contribution < -0.4 is 5.32 Å². The van der Waals surface area contributed by atoms with Crippen molar-refractivity contribution in [1.82, 2.24) is 10.2 Å². The Labute approximate surface area is 155 Å². The van der Waals surface area contributed by atoms with Gasteiger partial charge in [0.15, 0.2) is 0 Å². The zero-order valence-corrected chi connectivity index (χ0v) is 15.3. The third-order valence-electron chi connectivity index (χ3n) is 5.93. The molecule has 2 fully saturated rings. The number of hydrogen-bond acceptors (Lipinski definition) is 3. The summed E-state index contributed by atoms with van der Waals surface area (Å²) in [6, 6.07) is 20.3. The maximum Gasteiger partial charge on any atom is 0.407 e. The molecular formula is C22H26N2O2. The second kappa shape index (κ2) is 6.76. The molecule has 1 spiro atoms. The maximum absolute atomic E-state index is 12.4. The first kappa shape index (κ1) is 17.1. The standard InChI is InChI=1S/C22H26N2O2/c1-21(23-20(25)26-15-19-10-6-3-7-11-19)16-24(17-22(21)12-13-22)14-18-8-4-2-5-9-18/h2-11H,12-17H2,1H3,(H,23,25). The highest BCUT2D eigenvalue weighted by Gasteiger charge is 2.62. The molecule has 1 unspecified atom stereocenters. The fourth-order valence-electron chi connectivity index (χ4n) is 4.24. The predicted octanol–water partition coefficient (Wildman–Crippen LogP) is 3.97. The lowest BCUT2D eigenvalue weighted by Crippen LogP contribution is -2.53. The van der Waals surface area contributed by atoms with Crippen LogP contribution in [0.3, 0.4) is 0 Å². The number of nitrogens with zero attached hydrogens (tertiary/aromatic N) is 1. The molecule has 26 heavy (non-hydrogen) atoms. The Kier molecular flexibility index (Phi) is 4.45. The van der Waals surface area contributed by atoms with Crippen molar-refractivity contribution in [3.05, 3.63) is 71.8 Å². The highest BCUT2D eigenvalue weighted by atomic mass is 16.5. The van der Waals surface area contributed by atoms with E-state index in [9.17, 15) is 4.79 Å². The molecule has 0 bridgehead atoms. The fourth-order valence-corrected chi connectivity index (χ4v) is 4.24. The SMILES string of the molecule is CC1(NC(=O)OCc2ccccc2)CN(Cc2ccccc2)CC12CC2. The smallest absolute Gasteiger partial charge is 0.407 e. The summed E-state index contributed by atoms with van der Waals surface area (Å²) in [6.07, 6.45) is 2.03. The van der Waals surface area contributed by atoms with Crippen LogP contribution in [0.25, 0.3) is 0 Å². The summed E-state index contributed by atoms with van der Waals surface area (Å²) in [5.74, 6) is 0. The highest BCUT2D eigenvalue weighted by Crippen LogP contribution is 2.58. The van der Waals surface area contributed by atoms with Gasteiger partial charge in [0.2, 0.25) is 0 Å². The van der Waals surface area contributed by atoms with E-state index in [0.29, 0.717) is 6.61 Å². The summed E-state index contributed by atoms with van der Waals surface area (Å²) in [6.45, 7) is 5.32. The number of carbonyl (C=O) groups is 1. The van der Waals surface area contributed by atoms with E-state index < -0.39 is 0 Å². The minimum atomic E-state index is -0.316. The molecule has 136 valence electrons. The molecule has 1 aliphatic heterocycles. The van der Waals surface area contributed by atoms with Crippen LogP contribution in [0, 0.1) is 5.41 Å². The highest BCUT2D eigenvalue weighted by molar-refractivity contribution is 5.69. The molecule has 1 N–H and O–H groups in total. The van der Waals surface area contributed by atoms with E-state index in [1.807, 2.05) is 36.4 Å². The van der Waals surface area contributed by atoms with Crippen LogP contribution in [0.1, 0.15) is 30.9 Å². The van der Waals surface area contributed by atoms with Crippen LogP contribution in [0.5, 0.6) is 0 Å². The second-order valence-corrected chi connectivity index (χ2v) is 7.93. The third kappa shape index (κ3) is 3.47. The molecule has 2 aliphatic rings. The van der Waals surface area contributed by atoms with Crippen molar-refractivity contribution in [2.75, 3.05) is 13.1 Å². The Morgan fingerprint density at radius 2 is 1.62 bits per heavy atom. The van der Waals surface area contributed by atoms with Gasteiger partial charge in [-0.15, -0.1) is 0 Å². The van der Waals surface area contributed by atoms with E-state index in [1.165, 1.54) is 18.4 Å². The van der Waals surface area contributed by atoms with E-state index in [2.05, 4.69) is 41.4 Å². The van der Waals surface area contributed by atoms with Gasteiger partial charge in [0.1, 0.15) is 6.61 Å². The van der Waals surface area contributed by atoms with Gasteiger partial charge < -0.3 is 10.1 Å². The molecule has 1 amide bonds. The number of amides is 1. The molecule has 2 aromatic rings. The number of carbonyl (C=O) groups excluding carboxylic acids is 1. The van der Waals surface area contributed by atoms with Crippen molar-refractivity contribution >= 4 is 6.09 Å². The Morgan fingerprint density at radius 3 is 2.23 bits per heavy atom. The predicted molar refractivity (Wildman–Crippen MR) is 102 cm³/mol. The van der Waals surface area contributed by atoms with Gasteiger partial charge in [-0.25, -0.2) is 4.79 Å². The van der Waals surface area contributed by atoms with Gasteiger partial charge in [0, 0.05) is 25.0 Å². The van der Waals surface area contributed by atoms with E-state index >= 15 is 0 Å². The molecular weight excluding hydrogens is 324 g/mol.